The van der Waals surface area contributed by atoms with Gasteiger partial charge in [-0.05, 0) is 69.4 Å². The van der Waals surface area contributed by atoms with E-state index in [4.69, 9.17) is 0 Å². The molecule has 0 saturated carbocycles. The van der Waals surface area contributed by atoms with Crippen molar-refractivity contribution >= 4 is 0 Å². The third kappa shape index (κ3) is 3.56. The minimum atomic E-state index is 0.828. The smallest absolute Gasteiger partial charge is 0.0208 e. The Morgan fingerprint density at radius 3 is 2.94 bits per heavy atom. The maximum Gasteiger partial charge on any atom is 0.0208 e. The van der Waals surface area contributed by atoms with Crippen LogP contribution in [0, 0.1) is 19.8 Å². The third-order valence-electron chi connectivity index (χ3n) is 4.19. The minimum absolute atomic E-state index is 0.828. The molecule has 0 aliphatic carbocycles. The lowest BCUT2D eigenvalue weighted by atomic mass is 9.98. The summed E-state index contributed by atoms with van der Waals surface area (Å²) in [5, 5.41) is 3.63. The first-order valence-corrected chi connectivity index (χ1v) is 7.11. The fourth-order valence-corrected chi connectivity index (χ4v) is 2.85. The number of nitrogens with zero attached hydrogens (tertiary/aromatic N) is 1. The van der Waals surface area contributed by atoms with Crippen LogP contribution in [0.4, 0.5) is 0 Å². The van der Waals surface area contributed by atoms with E-state index in [-0.39, 0.29) is 0 Å². The van der Waals surface area contributed by atoms with Crippen molar-refractivity contribution in [2.24, 2.45) is 5.92 Å². The largest absolute Gasteiger partial charge is 0.312 e. The Balaban J connectivity index is 1.79. The molecule has 0 aromatic heterocycles. The molecule has 2 nitrogen and oxygen atoms in total. The maximum absolute atomic E-state index is 3.63. The summed E-state index contributed by atoms with van der Waals surface area (Å²) in [6.45, 7) is 9.09. The van der Waals surface area contributed by atoms with Crippen LogP contribution < -0.4 is 5.32 Å². The van der Waals surface area contributed by atoms with Crippen LogP contribution in [0.15, 0.2) is 18.2 Å². The Hall–Kier alpha value is -0.860. The van der Waals surface area contributed by atoms with Crippen molar-refractivity contribution in [1.29, 1.82) is 0 Å². The molecule has 1 aromatic carbocycles. The second kappa shape index (κ2) is 6.35. The molecule has 0 amide bonds. The van der Waals surface area contributed by atoms with Crippen molar-refractivity contribution in [3.8, 4) is 0 Å². The number of rotatable bonds is 4. The minimum Gasteiger partial charge on any atom is -0.312 e. The molecule has 1 fully saturated rings. The third-order valence-corrected chi connectivity index (χ3v) is 4.19. The molecule has 1 unspecified atom stereocenters. The maximum atomic E-state index is 3.63. The molecular formula is C16H26N2. The SMILES string of the molecule is Cc1cccc(CNCC2CCCN(C)C2)c1C. The zero-order valence-corrected chi connectivity index (χ0v) is 12.0. The van der Waals surface area contributed by atoms with Gasteiger partial charge in [-0.15, -0.1) is 0 Å². The molecule has 1 saturated heterocycles. The summed E-state index contributed by atoms with van der Waals surface area (Å²) in [6, 6.07) is 6.59. The van der Waals surface area contributed by atoms with E-state index in [1.807, 2.05) is 0 Å². The molecule has 2 heteroatoms. The Labute approximate surface area is 111 Å². The van der Waals surface area contributed by atoms with E-state index in [9.17, 15) is 0 Å². The highest BCUT2D eigenvalue weighted by Crippen LogP contribution is 2.15. The summed E-state index contributed by atoms with van der Waals surface area (Å²) in [5.74, 6) is 0.828. The van der Waals surface area contributed by atoms with Crippen molar-refractivity contribution in [2.75, 3.05) is 26.7 Å². The van der Waals surface area contributed by atoms with E-state index in [0.29, 0.717) is 0 Å². The molecule has 1 aliphatic heterocycles. The van der Waals surface area contributed by atoms with Gasteiger partial charge in [0.15, 0.2) is 0 Å². The molecule has 18 heavy (non-hydrogen) atoms. The highest BCUT2D eigenvalue weighted by Gasteiger charge is 2.16. The van der Waals surface area contributed by atoms with Crippen LogP contribution in [-0.4, -0.2) is 31.6 Å². The Bertz CT molecular complexity index is 387. The predicted octanol–water partition coefficient (Wildman–Crippen LogP) is 2.73. The highest BCUT2D eigenvalue weighted by molar-refractivity contribution is 5.32. The average Bonchev–Trinajstić information content (AvgIpc) is 2.35. The van der Waals surface area contributed by atoms with Crippen LogP contribution in [0.3, 0.4) is 0 Å². The van der Waals surface area contributed by atoms with Crippen molar-refractivity contribution in [3.05, 3.63) is 34.9 Å². The standard InChI is InChI=1S/C16H26N2/c1-13-6-4-8-16(14(13)2)11-17-10-15-7-5-9-18(3)12-15/h4,6,8,15,17H,5,7,9-12H2,1-3H3. The fraction of sp³-hybridized carbons (Fsp3) is 0.625. The van der Waals surface area contributed by atoms with Gasteiger partial charge in [0.05, 0.1) is 0 Å². The molecule has 1 heterocycles. The van der Waals surface area contributed by atoms with Gasteiger partial charge in [-0.25, -0.2) is 0 Å². The van der Waals surface area contributed by atoms with Crippen LogP contribution in [0.1, 0.15) is 29.5 Å². The Kier molecular flexibility index (Phi) is 4.79. The first-order valence-electron chi connectivity index (χ1n) is 7.11. The monoisotopic (exact) mass is 246 g/mol. The summed E-state index contributed by atoms with van der Waals surface area (Å²) < 4.78 is 0. The second-order valence-electron chi connectivity index (χ2n) is 5.76. The van der Waals surface area contributed by atoms with Gasteiger partial charge in [0.25, 0.3) is 0 Å². The van der Waals surface area contributed by atoms with Crippen molar-refractivity contribution < 1.29 is 0 Å². The molecular weight excluding hydrogens is 220 g/mol. The first-order chi connectivity index (χ1) is 8.66. The van der Waals surface area contributed by atoms with E-state index < -0.39 is 0 Å². The van der Waals surface area contributed by atoms with Gasteiger partial charge in [0, 0.05) is 13.1 Å². The van der Waals surface area contributed by atoms with Gasteiger partial charge in [-0.1, -0.05) is 18.2 Å². The second-order valence-corrected chi connectivity index (χ2v) is 5.76. The Morgan fingerprint density at radius 1 is 1.33 bits per heavy atom. The van der Waals surface area contributed by atoms with E-state index >= 15 is 0 Å². The zero-order chi connectivity index (χ0) is 13.0. The van der Waals surface area contributed by atoms with Gasteiger partial charge in [-0.2, -0.15) is 0 Å². The lowest BCUT2D eigenvalue weighted by Gasteiger charge is -2.29. The van der Waals surface area contributed by atoms with E-state index in [0.717, 1.165) is 19.0 Å². The summed E-state index contributed by atoms with van der Waals surface area (Å²) in [7, 11) is 2.23. The van der Waals surface area contributed by atoms with E-state index in [1.165, 1.54) is 42.6 Å². The van der Waals surface area contributed by atoms with Gasteiger partial charge in [0.2, 0.25) is 0 Å². The van der Waals surface area contributed by atoms with Crippen LogP contribution in [-0.2, 0) is 6.54 Å². The van der Waals surface area contributed by atoms with E-state index in [2.05, 4.69) is 49.3 Å². The van der Waals surface area contributed by atoms with Crippen LogP contribution >= 0.6 is 0 Å². The van der Waals surface area contributed by atoms with Crippen LogP contribution in [0.2, 0.25) is 0 Å². The topological polar surface area (TPSA) is 15.3 Å². The molecule has 1 N–H and O–H groups in total. The quantitative estimate of drug-likeness (QED) is 0.879. The van der Waals surface area contributed by atoms with Crippen molar-refractivity contribution in [2.45, 2.75) is 33.2 Å². The summed E-state index contributed by atoms with van der Waals surface area (Å²) in [5.41, 5.74) is 4.27. The predicted molar refractivity (Wildman–Crippen MR) is 77.8 cm³/mol. The number of hydrogen-bond acceptors (Lipinski definition) is 2. The summed E-state index contributed by atoms with van der Waals surface area (Å²) in [4.78, 5) is 2.45. The normalized spacial score (nSPS) is 21.2. The van der Waals surface area contributed by atoms with Gasteiger partial charge < -0.3 is 10.2 Å². The van der Waals surface area contributed by atoms with Crippen LogP contribution in [0.25, 0.3) is 0 Å². The van der Waals surface area contributed by atoms with Crippen LogP contribution in [0.5, 0.6) is 0 Å². The van der Waals surface area contributed by atoms with Crippen molar-refractivity contribution in [1.82, 2.24) is 10.2 Å². The number of nitrogens with one attached hydrogen (secondary N) is 1. The molecule has 0 spiro atoms. The molecule has 2 rings (SSSR count). The lowest BCUT2D eigenvalue weighted by molar-refractivity contribution is 0.206. The number of piperidine rings is 1. The first kappa shape index (κ1) is 13.6. The number of aryl methyl sites for hydroxylation is 1. The molecule has 1 atom stereocenters. The molecule has 1 aromatic rings. The van der Waals surface area contributed by atoms with Crippen molar-refractivity contribution in [3.63, 3.8) is 0 Å². The molecule has 0 bridgehead atoms. The number of benzene rings is 1. The summed E-state index contributed by atoms with van der Waals surface area (Å²) in [6.07, 6.45) is 2.73. The molecule has 100 valence electrons. The highest BCUT2D eigenvalue weighted by atomic mass is 15.1. The van der Waals surface area contributed by atoms with Gasteiger partial charge in [0.1, 0.15) is 0 Å². The molecule has 1 aliphatic rings. The van der Waals surface area contributed by atoms with Gasteiger partial charge >= 0.3 is 0 Å². The summed E-state index contributed by atoms with van der Waals surface area (Å²) >= 11 is 0. The molecule has 0 radical (unpaired) electrons. The average molecular weight is 246 g/mol. The number of likely N-dealkylation sites (tertiary alicyclic amines) is 1. The van der Waals surface area contributed by atoms with E-state index in [1.54, 1.807) is 0 Å². The fourth-order valence-electron chi connectivity index (χ4n) is 2.85. The Morgan fingerprint density at radius 2 is 2.17 bits per heavy atom. The number of hydrogen-bond donors (Lipinski definition) is 1. The van der Waals surface area contributed by atoms with Gasteiger partial charge in [-0.3, -0.25) is 0 Å². The lowest BCUT2D eigenvalue weighted by Crippen LogP contribution is -2.37. The zero-order valence-electron chi connectivity index (χ0n) is 12.0.